The van der Waals surface area contributed by atoms with E-state index in [1.54, 1.807) is 12.1 Å². The highest BCUT2D eigenvalue weighted by atomic mass is 19.1. The smallest absolute Gasteiger partial charge is 0.337 e. The Balaban J connectivity index is 1.49. The fraction of sp³-hybridized carbons (Fsp3) is 0.471. The van der Waals surface area contributed by atoms with Gasteiger partial charge in [-0.3, -0.25) is 4.98 Å². The molecule has 1 saturated carbocycles. The average Bonchev–Trinajstić information content (AvgIpc) is 3.65. The number of anilines is 1. The lowest BCUT2D eigenvalue weighted by Crippen LogP contribution is -2.31. The van der Waals surface area contributed by atoms with E-state index in [9.17, 15) is 14.3 Å². The summed E-state index contributed by atoms with van der Waals surface area (Å²) in [7, 11) is 0. The van der Waals surface area contributed by atoms with Crippen LogP contribution in [0, 0.1) is 31.5 Å². The van der Waals surface area contributed by atoms with Crippen molar-refractivity contribution in [3.8, 4) is 16.9 Å². The molecule has 2 aliphatic rings. The summed E-state index contributed by atoms with van der Waals surface area (Å²) in [5.74, 6) is 0.898. The van der Waals surface area contributed by atoms with Crippen LogP contribution >= 0.6 is 0 Å². The molecule has 2 heterocycles. The van der Waals surface area contributed by atoms with Crippen molar-refractivity contribution in [1.82, 2.24) is 4.98 Å². The summed E-state index contributed by atoms with van der Waals surface area (Å²) in [4.78, 5) is 19.9. The van der Waals surface area contributed by atoms with Crippen molar-refractivity contribution >= 4 is 11.7 Å². The van der Waals surface area contributed by atoms with Crippen LogP contribution in [0.2, 0.25) is 0 Å². The van der Waals surface area contributed by atoms with Gasteiger partial charge in [0.05, 0.1) is 17.9 Å². The van der Waals surface area contributed by atoms with Crippen molar-refractivity contribution in [2.75, 3.05) is 24.6 Å². The standard InChI is InChI=1S/C34H41FN2O4/c1-21-29(25-10-14-28(15-11-25)40-19-17-23-6-12-27(35)13-7-23)31(37-18-16-26(20-37)24-8-9-24)30(22(2)36-21)32(33(38)39)41-34(3,4)5/h6-7,10-15,24,26,32H,8-9,16-20H2,1-5H3,(H,38,39). The first-order chi connectivity index (χ1) is 19.5. The van der Waals surface area contributed by atoms with Crippen molar-refractivity contribution in [2.45, 2.75) is 72.0 Å². The van der Waals surface area contributed by atoms with Crippen LogP contribution in [0.3, 0.4) is 0 Å². The Kier molecular flexibility index (Phi) is 8.37. The Labute approximate surface area is 242 Å². The Bertz CT molecular complexity index is 1380. The predicted octanol–water partition coefficient (Wildman–Crippen LogP) is 7.30. The number of aliphatic carboxylic acids is 1. The highest BCUT2D eigenvalue weighted by Gasteiger charge is 2.40. The molecule has 3 aromatic rings. The highest BCUT2D eigenvalue weighted by Crippen LogP contribution is 2.47. The number of aryl methyl sites for hydroxylation is 2. The zero-order chi connectivity index (χ0) is 29.3. The molecule has 1 aromatic heterocycles. The third-order valence-corrected chi connectivity index (χ3v) is 8.08. The largest absolute Gasteiger partial charge is 0.493 e. The minimum Gasteiger partial charge on any atom is -0.493 e. The van der Waals surface area contributed by atoms with Gasteiger partial charge in [0.25, 0.3) is 0 Å². The van der Waals surface area contributed by atoms with Gasteiger partial charge in [-0.25, -0.2) is 9.18 Å². The molecule has 0 spiro atoms. The Hall–Kier alpha value is -3.45. The van der Waals surface area contributed by atoms with Crippen LogP contribution in [0.15, 0.2) is 48.5 Å². The van der Waals surface area contributed by atoms with E-state index in [1.165, 1.54) is 25.0 Å². The molecule has 7 heteroatoms. The second-order valence-electron chi connectivity index (χ2n) is 12.4. The fourth-order valence-electron chi connectivity index (χ4n) is 6.02. The Morgan fingerprint density at radius 2 is 1.71 bits per heavy atom. The molecule has 1 N–H and O–H groups in total. The molecular formula is C34H41FN2O4. The van der Waals surface area contributed by atoms with Crippen LogP contribution < -0.4 is 9.64 Å². The Morgan fingerprint density at radius 3 is 2.32 bits per heavy atom. The van der Waals surface area contributed by atoms with Gasteiger partial charge in [0.15, 0.2) is 6.10 Å². The number of carbonyl (C=O) groups is 1. The van der Waals surface area contributed by atoms with Crippen LogP contribution in [-0.4, -0.2) is 41.4 Å². The minimum atomic E-state index is -1.13. The summed E-state index contributed by atoms with van der Waals surface area (Å²) >= 11 is 0. The number of carboxylic acid groups (broad SMARTS) is 1. The Morgan fingerprint density at radius 1 is 1.02 bits per heavy atom. The monoisotopic (exact) mass is 560 g/mol. The van der Waals surface area contributed by atoms with E-state index >= 15 is 0 Å². The summed E-state index contributed by atoms with van der Waals surface area (Å²) in [5, 5.41) is 10.4. The zero-order valence-electron chi connectivity index (χ0n) is 24.7. The lowest BCUT2D eigenvalue weighted by Gasteiger charge is -2.32. The maximum Gasteiger partial charge on any atom is 0.337 e. The number of hydrogen-bond donors (Lipinski definition) is 1. The third-order valence-electron chi connectivity index (χ3n) is 8.08. The molecular weight excluding hydrogens is 519 g/mol. The van der Waals surface area contributed by atoms with Gasteiger partial charge >= 0.3 is 5.97 Å². The molecule has 0 amide bonds. The molecule has 1 aliphatic heterocycles. The van der Waals surface area contributed by atoms with Crippen molar-refractivity contribution in [2.24, 2.45) is 11.8 Å². The van der Waals surface area contributed by atoms with E-state index in [2.05, 4.69) is 4.90 Å². The van der Waals surface area contributed by atoms with Gasteiger partial charge in [0, 0.05) is 42.0 Å². The number of hydrogen-bond acceptors (Lipinski definition) is 5. The van der Waals surface area contributed by atoms with Crippen molar-refractivity contribution in [1.29, 1.82) is 0 Å². The van der Waals surface area contributed by atoms with Crippen LogP contribution in [0.25, 0.3) is 11.1 Å². The first-order valence-corrected chi connectivity index (χ1v) is 14.6. The van der Waals surface area contributed by atoms with Crippen LogP contribution in [0.1, 0.15) is 68.7 Å². The topological polar surface area (TPSA) is 71.9 Å². The van der Waals surface area contributed by atoms with Crippen molar-refractivity contribution in [3.05, 3.63) is 76.9 Å². The lowest BCUT2D eigenvalue weighted by atomic mass is 9.93. The number of carboxylic acids is 1. The molecule has 0 bridgehead atoms. The molecule has 2 atom stereocenters. The quantitative estimate of drug-likeness (QED) is 0.281. The molecule has 2 fully saturated rings. The number of halogens is 1. The van der Waals surface area contributed by atoms with Crippen molar-refractivity contribution in [3.63, 3.8) is 0 Å². The summed E-state index contributed by atoms with van der Waals surface area (Å²) in [6.07, 6.45) is 3.24. The number of nitrogens with zero attached hydrogens (tertiary/aromatic N) is 2. The molecule has 1 saturated heterocycles. The normalized spacial score (nSPS) is 18.0. The van der Waals surface area contributed by atoms with E-state index in [-0.39, 0.29) is 5.82 Å². The second-order valence-corrected chi connectivity index (χ2v) is 12.4. The van der Waals surface area contributed by atoms with Gasteiger partial charge in [0.2, 0.25) is 0 Å². The van der Waals surface area contributed by atoms with E-state index in [4.69, 9.17) is 14.5 Å². The molecule has 1 aliphatic carbocycles. The predicted molar refractivity (Wildman–Crippen MR) is 159 cm³/mol. The van der Waals surface area contributed by atoms with Gasteiger partial charge in [-0.2, -0.15) is 0 Å². The first-order valence-electron chi connectivity index (χ1n) is 14.6. The molecule has 2 aromatic carbocycles. The van der Waals surface area contributed by atoms with E-state index in [0.717, 1.165) is 59.2 Å². The maximum atomic E-state index is 13.2. The number of benzene rings is 2. The molecule has 6 nitrogen and oxygen atoms in total. The van der Waals surface area contributed by atoms with Gasteiger partial charge in [-0.05, 0) is 101 Å². The third kappa shape index (κ3) is 6.89. The number of ether oxygens (including phenoxy) is 2. The molecule has 0 radical (unpaired) electrons. The van der Waals surface area contributed by atoms with Crippen LogP contribution in [0.4, 0.5) is 10.1 Å². The first kappa shape index (κ1) is 29.1. The summed E-state index contributed by atoms with van der Waals surface area (Å²) < 4.78 is 25.4. The van der Waals surface area contributed by atoms with Gasteiger partial charge < -0.3 is 19.5 Å². The van der Waals surface area contributed by atoms with Gasteiger partial charge in [-0.1, -0.05) is 24.3 Å². The average molecular weight is 561 g/mol. The van der Waals surface area contributed by atoms with E-state index < -0.39 is 17.7 Å². The second kappa shape index (κ2) is 11.8. The maximum absolute atomic E-state index is 13.2. The minimum absolute atomic E-state index is 0.245. The summed E-state index contributed by atoms with van der Waals surface area (Å²) in [6.45, 7) is 11.8. The molecule has 2 unspecified atom stereocenters. The molecule has 218 valence electrons. The highest BCUT2D eigenvalue weighted by molar-refractivity contribution is 5.88. The van der Waals surface area contributed by atoms with Crippen LogP contribution in [0.5, 0.6) is 5.75 Å². The van der Waals surface area contributed by atoms with Gasteiger partial charge in [-0.15, -0.1) is 0 Å². The SMILES string of the molecule is Cc1nc(C)c(C(OC(C)(C)C)C(=O)O)c(N2CCC(C3CC3)C2)c1-c1ccc(OCCc2ccc(F)cc2)cc1. The summed E-state index contributed by atoms with van der Waals surface area (Å²) in [6, 6.07) is 14.4. The lowest BCUT2D eigenvalue weighted by molar-refractivity contribution is -0.160. The summed E-state index contributed by atoms with van der Waals surface area (Å²) in [5.41, 5.74) is 5.41. The van der Waals surface area contributed by atoms with Gasteiger partial charge in [0.1, 0.15) is 11.6 Å². The van der Waals surface area contributed by atoms with E-state index in [0.29, 0.717) is 30.2 Å². The zero-order valence-corrected chi connectivity index (χ0v) is 24.7. The fourth-order valence-corrected chi connectivity index (χ4v) is 6.02. The number of aromatic nitrogens is 1. The van der Waals surface area contributed by atoms with Crippen molar-refractivity contribution < 1.29 is 23.8 Å². The molecule has 41 heavy (non-hydrogen) atoms. The number of rotatable bonds is 10. The van der Waals surface area contributed by atoms with E-state index in [1.807, 2.05) is 58.9 Å². The number of pyridine rings is 1. The van der Waals surface area contributed by atoms with Crippen LogP contribution in [-0.2, 0) is 16.0 Å². The molecule has 5 rings (SSSR count).